The van der Waals surface area contributed by atoms with Gasteiger partial charge in [-0.05, 0) is 24.6 Å². The van der Waals surface area contributed by atoms with Gasteiger partial charge in [-0.15, -0.1) is 0 Å². The van der Waals surface area contributed by atoms with E-state index in [0.717, 1.165) is 10.3 Å². The van der Waals surface area contributed by atoms with Crippen molar-refractivity contribution in [3.05, 3.63) is 29.4 Å². The fourth-order valence-electron chi connectivity index (χ4n) is 0.749. The molecule has 3 nitrogen and oxygen atoms in total. The number of aromatic nitrogens is 1. The molecular weight excluding hydrogens is 128 g/mol. The van der Waals surface area contributed by atoms with Crippen molar-refractivity contribution >= 4 is 0 Å². The van der Waals surface area contributed by atoms with Gasteiger partial charge in [-0.1, -0.05) is 0 Å². The minimum absolute atomic E-state index is 0.569. The molecule has 1 N–H and O–H groups in total. The molecule has 10 heavy (non-hydrogen) atoms. The molecule has 0 spiro atoms. The number of nitrogens with zero attached hydrogens (tertiary/aromatic N) is 2. The molecule has 0 amide bonds. The summed E-state index contributed by atoms with van der Waals surface area (Å²) in [5.74, 6) is 0. The Labute approximate surface area is 59.2 Å². The number of hydrogen-bond donors (Lipinski definition) is 1. The smallest absolute Gasteiger partial charge is 0.163 e. The summed E-state index contributed by atoms with van der Waals surface area (Å²) in [5, 5.41) is 9.06. The Balaban J connectivity index is 3.37. The summed E-state index contributed by atoms with van der Waals surface area (Å²) in [6.45, 7) is 1.95. The van der Waals surface area contributed by atoms with Crippen molar-refractivity contribution < 1.29 is 5.21 Å². The molecule has 0 radical (unpaired) electrons. The Hall–Kier alpha value is -1.25. The minimum atomic E-state index is 0.569. The normalized spacial score (nSPS) is 12.0. The summed E-state index contributed by atoms with van der Waals surface area (Å²) in [4.78, 5) is 3.84. The molecule has 1 heterocycles. The molecule has 0 saturated carbocycles. The summed E-state index contributed by atoms with van der Waals surface area (Å²) < 4.78 is 0.993. The van der Waals surface area contributed by atoms with Gasteiger partial charge >= 0.3 is 0 Å². The van der Waals surface area contributed by atoms with Gasteiger partial charge < -0.3 is 5.21 Å². The van der Waals surface area contributed by atoms with Gasteiger partial charge in [0.25, 0.3) is 0 Å². The molecule has 0 fully saturated rings. The van der Waals surface area contributed by atoms with Crippen LogP contribution in [0, 0.1) is 6.92 Å². The van der Waals surface area contributed by atoms with E-state index >= 15 is 0 Å². The molecule has 0 aliphatic rings. The van der Waals surface area contributed by atoms with E-state index in [-0.39, 0.29) is 0 Å². The highest BCUT2D eigenvalue weighted by Crippen LogP contribution is 1.87. The quantitative estimate of drug-likeness (QED) is 0.523. The van der Waals surface area contributed by atoms with Crippen molar-refractivity contribution in [2.75, 3.05) is 7.05 Å². The van der Waals surface area contributed by atoms with Crippen LogP contribution < -0.4 is 5.49 Å². The average molecular weight is 138 g/mol. The van der Waals surface area contributed by atoms with Crippen molar-refractivity contribution in [1.29, 1.82) is 0 Å². The van der Waals surface area contributed by atoms with Crippen LogP contribution in [0.3, 0.4) is 0 Å². The lowest BCUT2D eigenvalue weighted by atomic mass is 10.3. The summed E-state index contributed by atoms with van der Waals surface area (Å²) in [5.41, 5.74) is 1.66. The van der Waals surface area contributed by atoms with E-state index in [0.29, 0.717) is 5.49 Å². The van der Waals surface area contributed by atoms with E-state index < -0.39 is 0 Å². The first-order valence-electron chi connectivity index (χ1n) is 3.05. The van der Waals surface area contributed by atoms with E-state index in [9.17, 15) is 0 Å². The van der Waals surface area contributed by atoms with Gasteiger partial charge in [0.15, 0.2) is 5.49 Å². The predicted octanol–water partition coefficient (Wildman–Crippen LogP) is 0.564. The van der Waals surface area contributed by atoms with Crippen LogP contribution in [0.25, 0.3) is 0 Å². The second-order valence-corrected chi connectivity index (χ2v) is 2.13. The maximum Gasteiger partial charge on any atom is 0.163 e. The lowest BCUT2D eigenvalue weighted by molar-refractivity contribution is 0.171. The SMILES string of the molecule is CN=c1cc(C)ccn1O. The van der Waals surface area contributed by atoms with Crippen molar-refractivity contribution in [2.45, 2.75) is 6.92 Å². The van der Waals surface area contributed by atoms with Crippen LogP contribution in [0.5, 0.6) is 0 Å². The first-order valence-corrected chi connectivity index (χ1v) is 3.05. The Morgan fingerprint density at radius 3 is 2.80 bits per heavy atom. The Kier molecular flexibility index (Phi) is 1.76. The van der Waals surface area contributed by atoms with Gasteiger partial charge in [-0.2, -0.15) is 4.73 Å². The highest BCUT2D eigenvalue weighted by Gasteiger charge is 1.87. The van der Waals surface area contributed by atoms with E-state index in [1.54, 1.807) is 19.3 Å². The molecule has 0 aliphatic carbocycles. The third-order valence-electron chi connectivity index (χ3n) is 1.30. The average Bonchev–Trinajstić information content (AvgIpc) is 1.94. The number of rotatable bonds is 0. The molecule has 0 aromatic carbocycles. The summed E-state index contributed by atoms with van der Waals surface area (Å²) in [6, 6.07) is 3.62. The first-order chi connectivity index (χ1) is 4.74. The lowest BCUT2D eigenvalue weighted by Crippen LogP contribution is -2.17. The molecule has 0 unspecified atom stereocenters. The van der Waals surface area contributed by atoms with Gasteiger partial charge in [0.2, 0.25) is 0 Å². The van der Waals surface area contributed by atoms with Crippen LogP contribution in [-0.2, 0) is 0 Å². The second-order valence-electron chi connectivity index (χ2n) is 2.13. The van der Waals surface area contributed by atoms with Crippen LogP contribution in [0.4, 0.5) is 0 Å². The fraction of sp³-hybridized carbons (Fsp3) is 0.286. The van der Waals surface area contributed by atoms with Gasteiger partial charge in [-0.25, -0.2) is 0 Å². The number of hydrogen-bond acceptors (Lipinski definition) is 2. The zero-order valence-electron chi connectivity index (χ0n) is 6.07. The van der Waals surface area contributed by atoms with E-state index in [4.69, 9.17) is 5.21 Å². The Morgan fingerprint density at radius 1 is 1.60 bits per heavy atom. The molecule has 0 bridgehead atoms. The largest absolute Gasteiger partial charge is 0.427 e. The molecule has 54 valence electrons. The molecule has 1 aromatic heterocycles. The molecule has 1 aromatic rings. The molecule has 1 rings (SSSR count). The highest BCUT2D eigenvalue weighted by molar-refractivity contribution is 5.06. The minimum Gasteiger partial charge on any atom is -0.427 e. The van der Waals surface area contributed by atoms with E-state index in [1.165, 1.54) is 0 Å². The topological polar surface area (TPSA) is 37.5 Å². The molecule has 0 aliphatic heterocycles. The van der Waals surface area contributed by atoms with Gasteiger partial charge in [-0.3, -0.25) is 4.99 Å². The summed E-state index contributed by atoms with van der Waals surface area (Å²) in [6.07, 6.45) is 1.57. The maximum absolute atomic E-state index is 9.06. The molecule has 0 atom stereocenters. The summed E-state index contributed by atoms with van der Waals surface area (Å²) in [7, 11) is 1.64. The molecular formula is C7H10N2O. The Bertz CT molecular complexity index is 288. The van der Waals surface area contributed by atoms with Crippen molar-refractivity contribution in [3.63, 3.8) is 0 Å². The second kappa shape index (κ2) is 2.56. The third kappa shape index (κ3) is 1.18. The molecule has 0 saturated heterocycles. The zero-order chi connectivity index (χ0) is 7.56. The van der Waals surface area contributed by atoms with Gasteiger partial charge in [0, 0.05) is 13.2 Å². The highest BCUT2D eigenvalue weighted by atomic mass is 16.5. The Morgan fingerprint density at radius 2 is 2.30 bits per heavy atom. The first kappa shape index (κ1) is 6.86. The molecule has 3 heteroatoms. The maximum atomic E-state index is 9.06. The summed E-state index contributed by atoms with van der Waals surface area (Å²) >= 11 is 0. The van der Waals surface area contributed by atoms with Crippen LogP contribution in [0.1, 0.15) is 5.56 Å². The van der Waals surface area contributed by atoms with Crippen LogP contribution >= 0.6 is 0 Å². The standard InChI is InChI=1S/C7H10N2O/c1-6-3-4-9(10)7(5-6)8-2/h3-5,10H,1-2H3. The monoisotopic (exact) mass is 138 g/mol. The van der Waals surface area contributed by atoms with E-state index in [1.807, 2.05) is 13.0 Å². The predicted molar refractivity (Wildman–Crippen MR) is 37.8 cm³/mol. The van der Waals surface area contributed by atoms with Gasteiger partial charge in [0.1, 0.15) is 0 Å². The van der Waals surface area contributed by atoms with Crippen LogP contribution in [0.15, 0.2) is 23.3 Å². The van der Waals surface area contributed by atoms with Crippen LogP contribution in [0.2, 0.25) is 0 Å². The van der Waals surface area contributed by atoms with Gasteiger partial charge in [0.05, 0.1) is 0 Å². The van der Waals surface area contributed by atoms with Crippen molar-refractivity contribution in [2.24, 2.45) is 4.99 Å². The van der Waals surface area contributed by atoms with Crippen molar-refractivity contribution in [1.82, 2.24) is 4.73 Å². The zero-order valence-corrected chi connectivity index (χ0v) is 6.07. The third-order valence-corrected chi connectivity index (χ3v) is 1.30. The number of aryl methyl sites for hydroxylation is 1. The fourth-order valence-corrected chi connectivity index (χ4v) is 0.749. The number of pyridine rings is 1. The van der Waals surface area contributed by atoms with Crippen molar-refractivity contribution in [3.8, 4) is 0 Å². The lowest BCUT2D eigenvalue weighted by Gasteiger charge is -1.96. The van der Waals surface area contributed by atoms with E-state index in [2.05, 4.69) is 4.99 Å². The van der Waals surface area contributed by atoms with Crippen LogP contribution in [-0.4, -0.2) is 17.0 Å².